The van der Waals surface area contributed by atoms with Crippen LogP contribution in [0.2, 0.25) is 5.02 Å². The molecule has 2 aromatic carbocycles. The summed E-state index contributed by atoms with van der Waals surface area (Å²) in [6, 6.07) is 15.4. The van der Waals surface area contributed by atoms with Crippen LogP contribution in [0.25, 0.3) is 0 Å². The van der Waals surface area contributed by atoms with Gasteiger partial charge >= 0.3 is 0 Å². The van der Waals surface area contributed by atoms with Crippen LogP contribution in [0, 0.1) is 0 Å². The van der Waals surface area contributed by atoms with Crippen molar-refractivity contribution < 1.29 is 9.53 Å². The number of carbonyl (C=O) groups is 1. The Morgan fingerprint density at radius 2 is 1.96 bits per heavy atom. The van der Waals surface area contributed by atoms with E-state index in [4.69, 9.17) is 16.3 Å². The van der Waals surface area contributed by atoms with Gasteiger partial charge in [0.25, 0.3) is 0 Å². The van der Waals surface area contributed by atoms with Crippen molar-refractivity contribution in [1.29, 1.82) is 0 Å². The van der Waals surface area contributed by atoms with E-state index in [1.807, 2.05) is 54.7 Å². The number of aromatic amines is 1. The van der Waals surface area contributed by atoms with Gasteiger partial charge in [0.15, 0.2) is 0 Å². The predicted octanol–water partition coefficient (Wildman–Crippen LogP) is 4.12. The largest absolute Gasteiger partial charge is 0.489 e. The number of hydrogen-bond donors (Lipinski definition) is 1. The zero-order valence-corrected chi connectivity index (χ0v) is 14.6. The second kappa shape index (κ2) is 7.14. The number of halogens is 1. The number of hydrogen-bond acceptors (Lipinski definition) is 3. The monoisotopic (exact) mass is 365 g/mol. The van der Waals surface area contributed by atoms with Crippen LogP contribution in [0.1, 0.15) is 34.7 Å². The molecule has 6 heteroatoms. The van der Waals surface area contributed by atoms with Gasteiger partial charge in [0, 0.05) is 34.7 Å². The van der Waals surface area contributed by atoms with Crippen molar-refractivity contribution in [2.75, 3.05) is 0 Å². The van der Waals surface area contributed by atoms with Gasteiger partial charge in [0.1, 0.15) is 18.1 Å². The molecule has 0 aliphatic carbocycles. The number of amides is 1. The molecule has 1 aliphatic rings. The van der Waals surface area contributed by atoms with Crippen molar-refractivity contribution in [1.82, 2.24) is 10.2 Å². The second-order valence-corrected chi connectivity index (χ2v) is 6.49. The van der Waals surface area contributed by atoms with Crippen molar-refractivity contribution in [2.24, 2.45) is 4.99 Å². The summed E-state index contributed by atoms with van der Waals surface area (Å²) in [4.78, 5) is 15.8. The maximum absolute atomic E-state index is 11.9. The lowest BCUT2D eigenvalue weighted by molar-refractivity contribution is -0.117. The first-order valence-electron chi connectivity index (χ1n) is 8.27. The van der Waals surface area contributed by atoms with Gasteiger partial charge < -0.3 is 4.74 Å². The molecule has 0 spiro atoms. The number of fused-ring (bicyclic) bond motifs is 1. The van der Waals surface area contributed by atoms with Crippen LogP contribution < -0.4 is 4.74 Å². The molecule has 5 nitrogen and oxygen atoms in total. The van der Waals surface area contributed by atoms with Gasteiger partial charge in [0.2, 0.25) is 5.91 Å². The average molecular weight is 366 g/mol. The molecule has 1 amide bonds. The highest BCUT2D eigenvalue weighted by Crippen LogP contribution is 2.32. The minimum absolute atomic E-state index is 0.0728. The number of rotatable bonds is 4. The Kier molecular flexibility index (Phi) is 4.54. The lowest BCUT2D eigenvalue weighted by atomic mass is 9.89. The Bertz CT molecular complexity index is 963. The van der Waals surface area contributed by atoms with E-state index in [2.05, 4.69) is 15.2 Å². The Morgan fingerprint density at radius 3 is 2.77 bits per heavy atom. The number of aliphatic imine (C=N–C) groups is 1. The number of ether oxygens (including phenoxy) is 1. The Labute approximate surface area is 155 Å². The van der Waals surface area contributed by atoms with E-state index in [0.29, 0.717) is 23.7 Å². The normalized spacial score (nSPS) is 16.2. The minimum atomic E-state index is -0.146. The summed E-state index contributed by atoms with van der Waals surface area (Å²) in [5.41, 5.74) is 3.65. The van der Waals surface area contributed by atoms with Gasteiger partial charge in [-0.15, -0.1) is 0 Å². The number of benzene rings is 2. The van der Waals surface area contributed by atoms with E-state index in [1.165, 1.54) is 6.21 Å². The first-order valence-corrected chi connectivity index (χ1v) is 8.65. The third-order valence-electron chi connectivity index (χ3n) is 4.42. The van der Waals surface area contributed by atoms with Crippen molar-refractivity contribution >= 4 is 23.7 Å². The molecular formula is C20H16ClN3O2. The lowest BCUT2D eigenvalue weighted by Gasteiger charge is -2.15. The van der Waals surface area contributed by atoms with Gasteiger partial charge in [-0.3, -0.25) is 9.89 Å². The molecule has 0 fully saturated rings. The average Bonchev–Trinajstić information content (AvgIpc) is 3.07. The van der Waals surface area contributed by atoms with E-state index in [-0.39, 0.29) is 11.8 Å². The fourth-order valence-electron chi connectivity index (χ4n) is 3.03. The van der Waals surface area contributed by atoms with Gasteiger partial charge in [-0.2, -0.15) is 5.10 Å². The molecule has 1 aromatic heterocycles. The molecule has 1 aliphatic heterocycles. The Balaban J connectivity index is 1.51. The smallest absolute Gasteiger partial charge is 0.246 e. The Hall–Kier alpha value is -2.92. The standard InChI is InChI=1S/C20H16ClN3O2/c21-18-4-2-1-3-14(18)12-26-15-7-5-13(6-8-15)16-9-20(25)22-11-19-17(16)10-23-24-19/h1-8,10-11,16H,9,12H2,(H,23,24). The predicted molar refractivity (Wildman–Crippen MR) is 99.9 cm³/mol. The van der Waals surface area contributed by atoms with Crippen molar-refractivity contribution in [2.45, 2.75) is 18.9 Å². The molecule has 0 bridgehead atoms. The summed E-state index contributed by atoms with van der Waals surface area (Å²) in [7, 11) is 0. The summed E-state index contributed by atoms with van der Waals surface area (Å²) in [6.45, 7) is 0.403. The minimum Gasteiger partial charge on any atom is -0.489 e. The molecule has 2 heterocycles. The van der Waals surface area contributed by atoms with Crippen LogP contribution in [-0.4, -0.2) is 22.3 Å². The molecule has 130 valence electrons. The molecule has 4 rings (SSSR count). The second-order valence-electron chi connectivity index (χ2n) is 6.08. The molecule has 0 radical (unpaired) electrons. The van der Waals surface area contributed by atoms with Crippen LogP contribution in [-0.2, 0) is 11.4 Å². The molecule has 1 atom stereocenters. The molecule has 1 unspecified atom stereocenters. The van der Waals surface area contributed by atoms with E-state index in [0.717, 1.165) is 22.4 Å². The highest BCUT2D eigenvalue weighted by Gasteiger charge is 2.24. The third-order valence-corrected chi connectivity index (χ3v) is 4.79. The van der Waals surface area contributed by atoms with Gasteiger partial charge in [0.05, 0.1) is 6.21 Å². The van der Waals surface area contributed by atoms with Crippen LogP contribution in [0.5, 0.6) is 5.75 Å². The summed E-state index contributed by atoms with van der Waals surface area (Å²) in [5.74, 6) is 0.528. The SMILES string of the molecule is O=C1CC(c2ccc(OCc3ccccc3Cl)cc2)c2c[nH]nc2C=N1. The number of carbonyl (C=O) groups excluding carboxylic acids is 1. The van der Waals surface area contributed by atoms with E-state index in [9.17, 15) is 4.79 Å². The number of aromatic nitrogens is 2. The number of H-pyrrole nitrogens is 1. The van der Waals surface area contributed by atoms with Gasteiger partial charge in [-0.05, 0) is 23.8 Å². The topological polar surface area (TPSA) is 67.3 Å². The van der Waals surface area contributed by atoms with Crippen LogP contribution in [0.4, 0.5) is 0 Å². The van der Waals surface area contributed by atoms with Crippen molar-refractivity contribution in [3.05, 3.63) is 82.1 Å². The van der Waals surface area contributed by atoms with Crippen LogP contribution in [0.3, 0.4) is 0 Å². The van der Waals surface area contributed by atoms with Crippen LogP contribution in [0.15, 0.2) is 59.7 Å². The van der Waals surface area contributed by atoms with E-state index < -0.39 is 0 Å². The summed E-state index contributed by atoms with van der Waals surface area (Å²) < 4.78 is 5.82. The maximum atomic E-state index is 11.9. The van der Waals surface area contributed by atoms with Gasteiger partial charge in [-0.1, -0.05) is 41.9 Å². The van der Waals surface area contributed by atoms with Crippen LogP contribution >= 0.6 is 11.6 Å². The van der Waals surface area contributed by atoms with E-state index in [1.54, 1.807) is 0 Å². The summed E-state index contributed by atoms with van der Waals surface area (Å²) >= 11 is 6.15. The van der Waals surface area contributed by atoms with E-state index >= 15 is 0 Å². The highest BCUT2D eigenvalue weighted by molar-refractivity contribution is 6.31. The molecule has 3 aromatic rings. The van der Waals surface area contributed by atoms with Crippen molar-refractivity contribution in [3.63, 3.8) is 0 Å². The van der Waals surface area contributed by atoms with Crippen molar-refractivity contribution in [3.8, 4) is 5.75 Å². The molecule has 1 N–H and O–H groups in total. The Morgan fingerprint density at radius 1 is 1.15 bits per heavy atom. The quantitative estimate of drug-likeness (QED) is 0.756. The highest BCUT2D eigenvalue weighted by atomic mass is 35.5. The maximum Gasteiger partial charge on any atom is 0.246 e. The summed E-state index contributed by atoms with van der Waals surface area (Å²) in [6.07, 6.45) is 3.67. The fraction of sp³-hybridized carbons (Fsp3) is 0.150. The first kappa shape index (κ1) is 16.5. The zero-order valence-electron chi connectivity index (χ0n) is 13.9. The van der Waals surface area contributed by atoms with Gasteiger partial charge in [-0.25, -0.2) is 4.99 Å². The molecule has 26 heavy (non-hydrogen) atoms. The molecule has 0 saturated carbocycles. The lowest BCUT2D eigenvalue weighted by Crippen LogP contribution is -2.05. The summed E-state index contributed by atoms with van der Waals surface area (Å²) in [5, 5.41) is 7.69. The first-order chi connectivity index (χ1) is 12.7. The molecule has 0 saturated heterocycles. The third kappa shape index (κ3) is 3.39. The molecular weight excluding hydrogens is 350 g/mol. The zero-order chi connectivity index (χ0) is 17.9. The number of nitrogens with zero attached hydrogens (tertiary/aromatic N) is 2. The number of nitrogens with one attached hydrogen (secondary N) is 1. The fourth-order valence-corrected chi connectivity index (χ4v) is 3.22.